The standard InChI is InChI=1S/C10H12N2O4S/c1-3-12-17(13,14)10-6-9(15-7(10)2)8-4-5-11-16-8/h4-6,12H,3H2,1-2H3. The van der Waals surface area contributed by atoms with Gasteiger partial charge in [0.1, 0.15) is 10.7 Å². The molecule has 0 saturated heterocycles. The Balaban J connectivity index is 2.45. The molecular formula is C10H12N2O4S. The van der Waals surface area contributed by atoms with Crippen LogP contribution in [-0.4, -0.2) is 20.1 Å². The van der Waals surface area contributed by atoms with Gasteiger partial charge < -0.3 is 8.94 Å². The van der Waals surface area contributed by atoms with Crippen molar-refractivity contribution in [2.45, 2.75) is 18.7 Å². The zero-order chi connectivity index (χ0) is 12.5. The Hall–Kier alpha value is -1.60. The first-order valence-electron chi connectivity index (χ1n) is 5.05. The maximum absolute atomic E-state index is 11.8. The number of nitrogens with zero attached hydrogens (tertiary/aromatic N) is 1. The molecule has 92 valence electrons. The van der Waals surface area contributed by atoms with Gasteiger partial charge in [-0.3, -0.25) is 0 Å². The minimum absolute atomic E-state index is 0.116. The number of rotatable bonds is 4. The van der Waals surface area contributed by atoms with E-state index in [1.54, 1.807) is 19.9 Å². The van der Waals surface area contributed by atoms with Gasteiger partial charge in [0, 0.05) is 18.7 Å². The molecule has 1 N–H and O–H groups in total. The largest absolute Gasteiger partial charge is 0.457 e. The van der Waals surface area contributed by atoms with Crippen molar-refractivity contribution in [2.24, 2.45) is 0 Å². The number of nitrogens with one attached hydrogen (secondary N) is 1. The highest BCUT2D eigenvalue weighted by atomic mass is 32.2. The lowest BCUT2D eigenvalue weighted by molar-refractivity contribution is 0.414. The monoisotopic (exact) mass is 256 g/mol. The molecule has 0 radical (unpaired) electrons. The van der Waals surface area contributed by atoms with E-state index in [1.165, 1.54) is 12.3 Å². The molecule has 0 spiro atoms. The predicted octanol–water partition coefficient (Wildman–Crippen LogP) is 1.54. The summed E-state index contributed by atoms with van der Waals surface area (Å²) in [5.41, 5.74) is 0. The molecule has 2 aromatic heterocycles. The van der Waals surface area contributed by atoms with Gasteiger partial charge in [0.15, 0.2) is 5.76 Å². The summed E-state index contributed by atoms with van der Waals surface area (Å²) in [7, 11) is -3.52. The Bertz CT molecular complexity index is 598. The second kappa shape index (κ2) is 4.34. The van der Waals surface area contributed by atoms with Crippen molar-refractivity contribution in [3.63, 3.8) is 0 Å². The lowest BCUT2D eigenvalue weighted by Gasteiger charge is -2.00. The fourth-order valence-electron chi connectivity index (χ4n) is 1.46. The second-order valence-corrected chi connectivity index (χ2v) is 5.14. The summed E-state index contributed by atoms with van der Waals surface area (Å²) >= 11 is 0. The zero-order valence-electron chi connectivity index (χ0n) is 9.43. The molecule has 0 unspecified atom stereocenters. The van der Waals surface area contributed by atoms with Gasteiger partial charge in [0.05, 0.1) is 6.20 Å². The number of sulfonamides is 1. The van der Waals surface area contributed by atoms with Gasteiger partial charge in [-0.1, -0.05) is 12.1 Å². The van der Waals surface area contributed by atoms with E-state index < -0.39 is 10.0 Å². The number of hydrogen-bond donors (Lipinski definition) is 1. The smallest absolute Gasteiger partial charge is 0.244 e. The molecule has 0 fully saturated rings. The first kappa shape index (κ1) is 11.9. The van der Waals surface area contributed by atoms with Gasteiger partial charge in [-0.2, -0.15) is 0 Å². The molecule has 6 nitrogen and oxygen atoms in total. The van der Waals surface area contributed by atoms with Gasteiger partial charge >= 0.3 is 0 Å². The highest BCUT2D eigenvalue weighted by molar-refractivity contribution is 7.89. The van der Waals surface area contributed by atoms with E-state index in [4.69, 9.17) is 8.94 Å². The van der Waals surface area contributed by atoms with E-state index in [0.29, 0.717) is 23.8 Å². The number of aryl methyl sites for hydroxylation is 1. The zero-order valence-corrected chi connectivity index (χ0v) is 10.2. The Morgan fingerprint density at radius 3 is 2.76 bits per heavy atom. The predicted molar refractivity (Wildman–Crippen MR) is 59.8 cm³/mol. The fraction of sp³-hybridized carbons (Fsp3) is 0.300. The molecule has 0 amide bonds. The van der Waals surface area contributed by atoms with Crippen LogP contribution in [0.5, 0.6) is 0 Å². The highest BCUT2D eigenvalue weighted by Crippen LogP contribution is 2.27. The van der Waals surface area contributed by atoms with Crippen molar-refractivity contribution in [2.75, 3.05) is 6.54 Å². The van der Waals surface area contributed by atoms with E-state index in [9.17, 15) is 8.42 Å². The van der Waals surface area contributed by atoms with Gasteiger partial charge in [-0.25, -0.2) is 13.1 Å². The molecule has 2 aromatic rings. The molecule has 0 aliphatic rings. The third kappa shape index (κ3) is 2.25. The molecule has 0 atom stereocenters. The minimum atomic E-state index is -3.52. The third-order valence-corrected chi connectivity index (χ3v) is 3.83. The summed E-state index contributed by atoms with van der Waals surface area (Å²) in [5, 5.41) is 3.54. The molecule has 0 aliphatic heterocycles. The summed E-state index contributed by atoms with van der Waals surface area (Å²) in [4.78, 5) is 0.116. The van der Waals surface area contributed by atoms with E-state index in [1.807, 2.05) is 0 Å². The molecule has 0 aromatic carbocycles. The van der Waals surface area contributed by atoms with Gasteiger partial charge in [-0.05, 0) is 6.92 Å². The van der Waals surface area contributed by atoms with Crippen molar-refractivity contribution in [3.05, 3.63) is 24.1 Å². The van der Waals surface area contributed by atoms with Crippen LogP contribution in [0, 0.1) is 6.92 Å². The third-order valence-electron chi connectivity index (χ3n) is 2.18. The van der Waals surface area contributed by atoms with Crippen molar-refractivity contribution < 1.29 is 17.4 Å². The summed E-state index contributed by atoms with van der Waals surface area (Å²) in [6.45, 7) is 3.62. The lowest BCUT2D eigenvalue weighted by Crippen LogP contribution is -2.23. The van der Waals surface area contributed by atoms with E-state index in [-0.39, 0.29) is 4.90 Å². The molecule has 0 aliphatic carbocycles. The summed E-state index contributed by atoms with van der Waals surface area (Å²) in [6, 6.07) is 3.02. The van der Waals surface area contributed by atoms with Crippen molar-refractivity contribution in [3.8, 4) is 11.5 Å². The van der Waals surface area contributed by atoms with Crippen LogP contribution < -0.4 is 4.72 Å². The van der Waals surface area contributed by atoms with E-state index in [2.05, 4.69) is 9.88 Å². The molecule has 0 bridgehead atoms. The van der Waals surface area contributed by atoms with Crippen LogP contribution in [0.25, 0.3) is 11.5 Å². The van der Waals surface area contributed by atoms with Gasteiger partial charge in [0.2, 0.25) is 15.8 Å². The van der Waals surface area contributed by atoms with Crippen LogP contribution in [0.15, 0.2) is 32.2 Å². The van der Waals surface area contributed by atoms with Crippen molar-refractivity contribution in [1.29, 1.82) is 0 Å². The first-order valence-corrected chi connectivity index (χ1v) is 6.54. The molecule has 7 heteroatoms. The van der Waals surface area contributed by atoms with Crippen LogP contribution in [0.4, 0.5) is 0 Å². The normalized spacial score (nSPS) is 11.9. The van der Waals surface area contributed by atoms with Crippen LogP contribution in [0.3, 0.4) is 0 Å². The fourth-order valence-corrected chi connectivity index (χ4v) is 2.68. The first-order chi connectivity index (χ1) is 8.04. The number of hydrogen-bond acceptors (Lipinski definition) is 5. The van der Waals surface area contributed by atoms with Crippen LogP contribution in [-0.2, 0) is 10.0 Å². The van der Waals surface area contributed by atoms with Crippen molar-refractivity contribution in [1.82, 2.24) is 9.88 Å². The van der Waals surface area contributed by atoms with E-state index in [0.717, 1.165) is 0 Å². The van der Waals surface area contributed by atoms with Crippen LogP contribution in [0.1, 0.15) is 12.7 Å². The second-order valence-electron chi connectivity index (χ2n) is 3.41. The average Bonchev–Trinajstić information content (AvgIpc) is 2.85. The molecule has 17 heavy (non-hydrogen) atoms. The Morgan fingerprint density at radius 1 is 1.41 bits per heavy atom. The summed E-state index contributed by atoms with van der Waals surface area (Å²) < 4.78 is 36.3. The molecule has 2 rings (SSSR count). The highest BCUT2D eigenvalue weighted by Gasteiger charge is 2.22. The quantitative estimate of drug-likeness (QED) is 0.896. The van der Waals surface area contributed by atoms with Crippen LogP contribution >= 0.6 is 0 Å². The molecule has 0 saturated carbocycles. The lowest BCUT2D eigenvalue weighted by atomic mass is 10.3. The van der Waals surface area contributed by atoms with Crippen LogP contribution in [0.2, 0.25) is 0 Å². The number of aromatic nitrogens is 1. The topological polar surface area (TPSA) is 85.3 Å². The molecular weight excluding hydrogens is 244 g/mol. The maximum Gasteiger partial charge on any atom is 0.244 e. The molecule has 2 heterocycles. The summed E-state index contributed by atoms with van der Waals surface area (Å²) in [6.07, 6.45) is 1.46. The van der Waals surface area contributed by atoms with E-state index >= 15 is 0 Å². The van der Waals surface area contributed by atoms with Gasteiger partial charge in [0.25, 0.3) is 0 Å². The Kier molecular flexibility index (Phi) is 3.03. The minimum Gasteiger partial charge on any atom is -0.457 e. The van der Waals surface area contributed by atoms with Crippen molar-refractivity contribution >= 4 is 10.0 Å². The van der Waals surface area contributed by atoms with Gasteiger partial charge in [-0.15, -0.1) is 0 Å². The summed E-state index contributed by atoms with van der Waals surface area (Å²) in [5.74, 6) is 1.06. The number of furan rings is 1. The Labute approximate surface area is 98.7 Å². The maximum atomic E-state index is 11.8. The SMILES string of the molecule is CCNS(=O)(=O)c1cc(-c2ccno2)oc1C. The Morgan fingerprint density at radius 2 is 2.18 bits per heavy atom. The average molecular weight is 256 g/mol.